The van der Waals surface area contributed by atoms with Crippen LogP contribution in [0.15, 0.2) is 35.8 Å². The van der Waals surface area contributed by atoms with Gasteiger partial charge >= 0.3 is 5.97 Å². The lowest BCUT2D eigenvalue weighted by Crippen LogP contribution is -2.05. The molecule has 0 atom stereocenters. The predicted octanol–water partition coefficient (Wildman–Crippen LogP) is 3.14. The first-order valence-corrected chi connectivity index (χ1v) is 5.45. The van der Waals surface area contributed by atoms with E-state index < -0.39 is 5.97 Å². The molecule has 0 saturated heterocycles. The predicted molar refractivity (Wildman–Crippen MR) is 67.9 cm³/mol. The Hall–Kier alpha value is -1.13. The van der Waals surface area contributed by atoms with Crippen molar-refractivity contribution in [1.82, 2.24) is 0 Å². The van der Waals surface area contributed by atoms with Gasteiger partial charge in [0.15, 0.2) is 0 Å². The van der Waals surface area contributed by atoms with Crippen molar-refractivity contribution < 1.29 is 14.6 Å². The smallest absolute Gasteiger partial charge is 0.335 e. The molecule has 0 unspecified atom stereocenters. The van der Waals surface area contributed by atoms with Crippen LogP contribution >= 0.6 is 15.9 Å². The Labute approximate surface area is 104 Å². The summed E-state index contributed by atoms with van der Waals surface area (Å²) < 4.78 is 5.80. The molecule has 0 aromatic heterocycles. The van der Waals surface area contributed by atoms with E-state index >= 15 is 0 Å². The van der Waals surface area contributed by atoms with Crippen molar-refractivity contribution in [2.75, 3.05) is 13.7 Å². The fourth-order valence-corrected chi connectivity index (χ4v) is 1.60. The van der Waals surface area contributed by atoms with Gasteiger partial charge < -0.3 is 9.84 Å². The Balaban J connectivity index is 0.00000106. The topological polar surface area (TPSA) is 46.5 Å². The van der Waals surface area contributed by atoms with Crippen LogP contribution in [0.4, 0.5) is 0 Å². The molecule has 1 N–H and O–H groups in total. The molecule has 4 heteroatoms. The summed E-state index contributed by atoms with van der Waals surface area (Å²) in [5, 5.41) is 8.90. The van der Waals surface area contributed by atoms with Crippen LogP contribution in [0.5, 0.6) is 0 Å². The lowest BCUT2D eigenvalue weighted by molar-refractivity contribution is 0.0695. The number of halogens is 1. The Morgan fingerprint density at radius 2 is 2.12 bits per heavy atom. The van der Waals surface area contributed by atoms with E-state index in [2.05, 4.69) is 29.1 Å². The second kappa shape index (κ2) is 8.07. The van der Waals surface area contributed by atoms with Crippen LogP contribution in [0.25, 0.3) is 0 Å². The van der Waals surface area contributed by atoms with E-state index in [-0.39, 0.29) is 0 Å². The summed E-state index contributed by atoms with van der Waals surface area (Å²) in [5.41, 5.74) is 1.12. The summed E-state index contributed by atoms with van der Waals surface area (Å²) in [6, 6.07) is 5.12. The van der Waals surface area contributed by atoms with Crippen LogP contribution in [0, 0.1) is 0 Å². The molecule has 88 valence electrons. The van der Waals surface area contributed by atoms with E-state index in [0.29, 0.717) is 18.6 Å². The van der Waals surface area contributed by atoms with Crippen LogP contribution in [0.3, 0.4) is 0 Å². The molecule has 1 rings (SSSR count). The highest BCUT2D eigenvalue weighted by Gasteiger charge is 2.09. The highest BCUT2D eigenvalue weighted by Crippen LogP contribution is 2.17. The van der Waals surface area contributed by atoms with Gasteiger partial charge in [-0.3, -0.25) is 0 Å². The Bertz CT molecular complexity index is 350. The van der Waals surface area contributed by atoms with E-state index in [1.165, 1.54) is 0 Å². The molecular formula is C12H15BrO3. The SMILES string of the molecule is C=C.COCCc1cc(Br)ccc1C(=O)O. The minimum atomic E-state index is -0.899. The number of rotatable bonds is 4. The van der Waals surface area contributed by atoms with Crippen LogP contribution in [-0.4, -0.2) is 24.8 Å². The second-order valence-corrected chi connectivity index (χ2v) is 3.77. The summed E-state index contributed by atoms with van der Waals surface area (Å²) in [5.74, 6) is -0.899. The van der Waals surface area contributed by atoms with E-state index in [9.17, 15) is 4.79 Å². The Kier molecular flexibility index (Phi) is 7.50. The molecule has 1 aromatic carbocycles. The lowest BCUT2D eigenvalue weighted by atomic mass is 10.1. The average molecular weight is 287 g/mol. The summed E-state index contributed by atoms with van der Waals surface area (Å²) in [7, 11) is 1.60. The van der Waals surface area contributed by atoms with Gasteiger partial charge in [0.05, 0.1) is 12.2 Å². The molecule has 0 aliphatic heterocycles. The molecule has 0 aliphatic carbocycles. The first kappa shape index (κ1) is 14.9. The molecule has 0 bridgehead atoms. The van der Waals surface area contributed by atoms with Gasteiger partial charge in [-0.05, 0) is 30.2 Å². The molecule has 0 spiro atoms. The zero-order valence-electron chi connectivity index (χ0n) is 9.20. The molecule has 16 heavy (non-hydrogen) atoms. The fraction of sp³-hybridized carbons (Fsp3) is 0.250. The van der Waals surface area contributed by atoms with Crippen molar-refractivity contribution in [3.8, 4) is 0 Å². The monoisotopic (exact) mass is 286 g/mol. The zero-order chi connectivity index (χ0) is 12.6. The standard InChI is InChI=1S/C10H11BrO3.C2H4/c1-14-5-4-7-6-8(11)2-3-9(7)10(12)13;1-2/h2-3,6H,4-5H2,1H3,(H,12,13);1-2H2. The summed E-state index contributed by atoms with van der Waals surface area (Å²) in [6.45, 7) is 6.52. The van der Waals surface area contributed by atoms with Crippen LogP contribution in [-0.2, 0) is 11.2 Å². The zero-order valence-corrected chi connectivity index (χ0v) is 10.8. The largest absolute Gasteiger partial charge is 0.478 e. The molecule has 0 saturated carbocycles. The van der Waals surface area contributed by atoms with Gasteiger partial charge in [-0.2, -0.15) is 0 Å². The third kappa shape index (κ3) is 4.59. The molecule has 0 amide bonds. The molecule has 0 aliphatic rings. The van der Waals surface area contributed by atoms with Crippen molar-refractivity contribution in [3.63, 3.8) is 0 Å². The average Bonchev–Trinajstić information content (AvgIpc) is 2.28. The summed E-state index contributed by atoms with van der Waals surface area (Å²) in [6.07, 6.45) is 0.609. The van der Waals surface area contributed by atoms with Crippen LogP contribution < -0.4 is 0 Å². The maximum Gasteiger partial charge on any atom is 0.335 e. The first-order chi connectivity index (χ1) is 7.65. The maximum absolute atomic E-state index is 10.8. The minimum Gasteiger partial charge on any atom is -0.478 e. The minimum absolute atomic E-state index is 0.338. The fourth-order valence-electron chi connectivity index (χ4n) is 1.19. The Morgan fingerprint density at radius 3 is 2.62 bits per heavy atom. The van der Waals surface area contributed by atoms with Gasteiger partial charge in [0.25, 0.3) is 0 Å². The Morgan fingerprint density at radius 1 is 1.50 bits per heavy atom. The number of methoxy groups -OCH3 is 1. The number of hydrogen-bond acceptors (Lipinski definition) is 2. The number of carboxylic acid groups (broad SMARTS) is 1. The molecule has 3 nitrogen and oxygen atoms in total. The van der Waals surface area contributed by atoms with Gasteiger partial charge in [0.1, 0.15) is 0 Å². The summed E-state index contributed by atoms with van der Waals surface area (Å²) in [4.78, 5) is 10.8. The van der Waals surface area contributed by atoms with Gasteiger partial charge in [-0.15, -0.1) is 13.2 Å². The number of carboxylic acids is 1. The molecular weight excluding hydrogens is 272 g/mol. The van der Waals surface area contributed by atoms with E-state index in [1.54, 1.807) is 19.2 Å². The molecule has 1 aromatic rings. The third-order valence-electron chi connectivity index (χ3n) is 1.87. The van der Waals surface area contributed by atoms with Crippen molar-refractivity contribution in [2.24, 2.45) is 0 Å². The van der Waals surface area contributed by atoms with Crippen molar-refractivity contribution in [1.29, 1.82) is 0 Å². The molecule has 0 fully saturated rings. The highest BCUT2D eigenvalue weighted by molar-refractivity contribution is 9.10. The van der Waals surface area contributed by atoms with Gasteiger partial charge in [0.2, 0.25) is 0 Å². The van der Waals surface area contributed by atoms with Gasteiger partial charge in [0, 0.05) is 11.6 Å². The highest BCUT2D eigenvalue weighted by atomic mass is 79.9. The van der Waals surface area contributed by atoms with Crippen molar-refractivity contribution >= 4 is 21.9 Å². The molecule has 0 heterocycles. The van der Waals surface area contributed by atoms with Crippen molar-refractivity contribution in [2.45, 2.75) is 6.42 Å². The quantitative estimate of drug-likeness (QED) is 0.865. The van der Waals surface area contributed by atoms with Crippen LogP contribution in [0.2, 0.25) is 0 Å². The summed E-state index contributed by atoms with van der Waals surface area (Å²) >= 11 is 3.30. The van der Waals surface area contributed by atoms with Gasteiger partial charge in [-0.25, -0.2) is 4.79 Å². The normalized spacial score (nSPS) is 9.12. The molecule has 0 radical (unpaired) electrons. The number of benzene rings is 1. The number of hydrogen-bond donors (Lipinski definition) is 1. The van der Waals surface area contributed by atoms with E-state index in [1.807, 2.05) is 6.07 Å². The number of aromatic carboxylic acids is 1. The first-order valence-electron chi connectivity index (χ1n) is 4.66. The number of carbonyl (C=O) groups is 1. The van der Waals surface area contributed by atoms with E-state index in [4.69, 9.17) is 9.84 Å². The third-order valence-corrected chi connectivity index (χ3v) is 2.37. The van der Waals surface area contributed by atoms with Crippen LogP contribution in [0.1, 0.15) is 15.9 Å². The van der Waals surface area contributed by atoms with E-state index in [0.717, 1.165) is 10.0 Å². The lowest BCUT2D eigenvalue weighted by Gasteiger charge is -2.05. The van der Waals surface area contributed by atoms with Crippen molar-refractivity contribution in [3.05, 3.63) is 47.0 Å². The number of ether oxygens (including phenoxy) is 1. The van der Waals surface area contributed by atoms with Gasteiger partial charge in [-0.1, -0.05) is 15.9 Å². The second-order valence-electron chi connectivity index (χ2n) is 2.85. The maximum atomic E-state index is 10.8.